The van der Waals surface area contributed by atoms with Crippen LogP contribution in [0.1, 0.15) is 34.1 Å². The molecule has 2 unspecified atom stereocenters. The Bertz CT molecular complexity index is 338. The van der Waals surface area contributed by atoms with E-state index in [0.717, 1.165) is 5.57 Å². The second kappa shape index (κ2) is 4.02. The summed E-state index contributed by atoms with van der Waals surface area (Å²) in [7, 11) is 0. The van der Waals surface area contributed by atoms with E-state index < -0.39 is 6.10 Å². The van der Waals surface area contributed by atoms with Gasteiger partial charge >= 0.3 is 0 Å². The van der Waals surface area contributed by atoms with Crippen LogP contribution in [0, 0.1) is 17.3 Å². The van der Waals surface area contributed by atoms with Gasteiger partial charge in [0.2, 0.25) is 0 Å². The highest BCUT2D eigenvalue weighted by Gasteiger charge is 2.33. The minimum Gasteiger partial charge on any atom is -0.388 e. The first-order valence-electron chi connectivity index (χ1n) is 4.95. The van der Waals surface area contributed by atoms with E-state index >= 15 is 0 Å². The molecule has 1 rings (SSSR count). The molecule has 1 heteroatoms. The van der Waals surface area contributed by atoms with Crippen molar-refractivity contribution in [2.24, 2.45) is 5.41 Å². The van der Waals surface area contributed by atoms with E-state index in [1.807, 2.05) is 19.9 Å². The summed E-state index contributed by atoms with van der Waals surface area (Å²) in [6.07, 6.45) is 4.47. The molecule has 0 saturated carbocycles. The Labute approximate surface area is 86.5 Å². The molecular weight excluding hydrogens is 172 g/mol. The monoisotopic (exact) mass is 190 g/mol. The van der Waals surface area contributed by atoms with Gasteiger partial charge in [-0.25, -0.2) is 0 Å². The molecule has 0 aliphatic heterocycles. The van der Waals surface area contributed by atoms with E-state index in [0.29, 0.717) is 6.42 Å². The lowest BCUT2D eigenvalue weighted by Crippen LogP contribution is -2.33. The fourth-order valence-electron chi connectivity index (χ4n) is 2.03. The number of hydrogen-bond donors (Lipinski definition) is 1. The summed E-state index contributed by atoms with van der Waals surface area (Å²) in [5, 5.41) is 10.1. The smallest absolute Gasteiger partial charge is 0.0847 e. The number of rotatable bonds is 1. The summed E-state index contributed by atoms with van der Waals surface area (Å²) in [6.45, 7) is 7.92. The zero-order chi connectivity index (χ0) is 10.8. The predicted molar refractivity (Wildman–Crippen MR) is 59.7 cm³/mol. The fourth-order valence-corrected chi connectivity index (χ4v) is 2.03. The van der Waals surface area contributed by atoms with Gasteiger partial charge in [0.25, 0.3) is 0 Å². The first-order chi connectivity index (χ1) is 6.49. The summed E-state index contributed by atoms with van der Waals surface area (Å²) in [5.74, 6) is 5.93. The van der Waals surface area contributed by atoms with Crippen molar-refractivity contribution in [1.82, 2.24) is 0 Å². The van der Waals surface area contributed by atoms with E-state index in [1.54, 1.807) is 0 Å². The molecule has 0 heterocycles. The number of hydrogen-bond acceptors (Lipinski definition) is 1. The summed E-state index contributed by atoms with van der Waals surface area (Å²) in [5.41, 5.74) is 2.03. The third-order valence-corrected chi connectivity index (χ3v) is 2.71. The van der Waals surface area contributed by atoms with Gasteiger partial charge in [-0.15, -0.1) is 11.8 Å². The highest BCUT2D eigenvalue weighted by Crippen LogP contribution is 2.36. The molecule has 0 radical (unpaired) electrons. The molecule has 1 N–H and O–H groups in total. The Hall–Kier alpha value is -1.00. The minimum absolute atomic E-state index is 0.216. The van der Waals surface area contributed by atoms with E-state index in [-0.39, 0.29) is 5.41 Å². The second-order valence-corrected chi connectivity index (χ2v) is 4.29. The zero-order valence-corrected chi connectivity index (χ0v) is 9.39. The largest absolute Gasteiger partial charge is 0.388 e. The maximum atomic E-state index is 10.1. The second-order valence-electron chi connectivity index (χ2n) is 4.29. The highest BCUT2D eigenvalue weighted by molar-refractivity contribution is 5.34. The van der Waals surface area contributed by atoms with Gasteiger partial charge in [-0.1, -0.05) is 24.6 Å². The van der Waals surface area contributed by atoms with Crippen molar-refractivity contribution in [3.05, 3.63) is 23.3 Å². The topological polar surface area (TPSA) is 20.2 Å². The van der Waals surface area contributed by atoms with E-state index in [9.17, 15) is 5.11 Å². The molecule has 1 aliphatic rings. The van der Waals surface area contributed by atoms with Crippen molar-refractivity contribution >= 4 is 0 Å². The van der Waals surface area contributed by atoms with E-state index in [1.165, 1.54) is 5.57 Å². The van der Waals surface area contributed by atoms with Gasteiger partial charge in [-0.05, 0) is 26.3 Å². The van der Waals surface area contributed by atoms with Crippen LogP contribution in [-0.2, 0) is 0 Å². The van der Waals surface area contributed by atoms with Crippen LogP contribution in [0.2, 0.25) is 0 Å². The van der Waals surface area contributed by atoms with Gasteiger partial charge in [0.1, 0.15) is 0 Å². The Morgan fingerprint density at radius 1 is 1.50 bits per heavy atom. The van der Waals surface area contributed by atoms with Crippen molar-refractivity contribution in [2.45, 2.75) is 40.2 Å². The summed E-state index contributed by atoms with van der Waals surface area (Å²) in [6, 6.07) is 0. The van der Waals surface area contributed by atoms with Crippen LogP contribution in [0.25, 0.3) is 0 Å². The van der Waals surface area contributed by atoms with Crippen LogP contribution >= 0.6 is 0 Å². The van der Waals surface area contributed by atoms with Gasteiger partial charge in [0, 0.05) is 11.8 Å². The van der Waals surface area contributed by atoms with Gasteiger partial charge in [-0.3, -0.25) is 0 Å². The Kier molecular flexibility index (Phi) is 3.18. The molecule has 0 aromatic heterocycles. The Morgan fingerprint density at radius 2 is 2.14 bits per heavy atom. The molecule has 0 amide bonds. The summed E-state index contributed by atoms with van der Waals surface area (Å²) >= 11 is 0. The quantitative estimate of drug-likeness (QED) is 0.630. The third-order valence-electron chi connectivity index (χ3n) is 2.71. The fraction of sp³-hybridized carbons (Fsp3) is 0.538. The first-order valence-corrected chi connectivity index (χ1v) is 4.95. The van der Waals surface area contributed by atoms with Gasteiger partial charge in [0.05, 0.1) is 6.10 Å². The molecule has 14 heavy (non-hydrogen) atoms. The summed E-state index contributed by atoms with van der Waals surface area (Å²) in [4.78, 5) is 0. The lowest BCUT2D eigenvalue weighted by molar-refractivity contribution is 0.103. The van der Waals surface area contributed by atoms with Crippen molar-refractivity contribution in [3.63, 3.8) is 0 Å². The van der Waals surface area contributed by atoms with Gasteiger partial charge < -0.3 is 5.11 Å². The number of aliphatic hydroxyl groups excluding tert-OH is 1. The average molecular weight is 190 g/mol. The van der Waals surface area contributed by atoms with Crippen molar-refractivity contribution in [1.29, 1.82) is 0 Å². The van der Waals surface area contributed by atoms with Crippen LogP contribution in [0.3, 0.4) is 0 Å². The number of allylic oxidation sites excluding steroid dienone is 2. The SMILES string of the molecule is CC#CCC1(C)C=C(C)C=C(C)C1O. The predicted octanol–water partition coefficient (Wildman–Crippen LogP) is 2.67. The molecule has 0 aromatic rings. The molecule has 76 valence electrons. The maximum absolute atomic E-state index is 10.1. The summed E-state index contributed by atoms with van der Waals surface area (Å²) < 4.78 is 0. The van der Waals surface area contributed by atoms with E-state index in [2.05, 4.69) is 31.8 Å². The molecule has 0 saturated heterocycles. The Balaban J connectivity index is 2.97. The van der Waals surface area contributed by atoms with Crippen LogP contribution in [0.15, 0.2) is 23.3 Å². The van der Waals surface area contributed by atoms with Crippen molar-refractivity contribution in [2.75, 3.05) is 0 Å². The molecule has 1 aliphatic carbocycles. The van der Waals surface area contributed by atoms with Gasteiger partial charge in [0.15, 0.2) is 0 Å². The highest BCUT2D eigenvalue weighted by atomic mass is 16.3. The van der Waals surface area contributed by atoms with Crippen LogP contribution in [-0.4, -0.2) is 11.2 Å². The van der Waals surface area contributed by atoms with Crippen molar-refractivity contribution < 1.29 is 5.11 Å². The molecule has 0 bridgehead atoms. The molecular formula is C13H18O. The molecule has 0 spiro atoms. The maximum Gasteiger partial charge on any atom is 0.0847 e. The average Bonchev–Trinajstić information content (AvgIpc) is 2.11. The molecule has 1 nitrogen and oxygen atoms in total. The lowest BCUT2D eigenvalue weighted by Gasteiger charge is -2.34. The minimum atomic E-state index is -0.396. The molecule has 0 aromatic carbocycles. The van der Waals surface area contributed by atoms with E-state index in [4.69, 9.17) is 0 Å². The first kappa shape index (κ1) is 11.1. The lowest BCUT2D eigenvalue weighted by atomic mass is 9.74. The third kappa shape index (κ3) is 2.08. The molecule has 0 fully saturated rings. The van der Waals surface area contributed by atoms with Gasteiger partial charge in [-0.2, -0.15) is 0 Å². The van der Waals surface area contributed by atoms with Crippen LogP contribution < -0.4 is 0 Å². The van der Waals surface area contributed by atoms with Crippen molar-refractivity contribution in [3.8, 4) is 11.8 Å². The molecule has 2 atom stereocenters. The normalized spacial score (nSPS) is 31.4. The standard InChI is InChI=1S/C13H18O/c1-5-6-7-13(4)9-10(2)8-11(3)12(13)14/h8-9,12,14H,7H2,1-4H3. The Morgan fingerprint density at radius 3 is 2.71 bits per heavy atom. The zero-order valence-electron chi connectivity index (χ0n) is 9.39. The number of aliphatic hydroxyl groups is 1. The van der Waals surface area contributed by atoms with Crippen LogP contribution in [0.4, 0.5) is 0 Å². The van der Waals surface area contributed by atoms with Crippen LogP contribution in [0.5, 0.6) is 0 Å².